The Morgan fingerprint density at radius 2 is 1.87 bits per heavy atom. The number of methoxy groups -OCH3 is 1. The van der Waals surface area contributed by atoms with Crippen molar-refractivity contribution in [3.05, 3.63) is 52.5 Å². The standard InChI is InChI=1S/C21H25ClN2O5S/c1-13-8-19(20(28-4)10-18(13)22)23-21(25)16-6-5-7-17(9-16)30(26,27)24-11-14(2)29-15(3)12-24/h5-10,14-15H,11-12H2,1-4H3,(H,23,25)/t14-,15-/m1/s1. The minimum absolute atomic E-state index is 0.0655. The fourth-order valence-electron chi connectivity index (χ4n) is 3.40. The number of nitrogens with one attached hydrogen (secondary N) is 1. The minimum atomic E-state index is -3.75. The van der Waals surface area contributed by atoms with E-state index in [4.69, 9.17) is 21.1 Å². The second kappa shape index (κ2) is 8.93. The third-order valence-electron chi connectivity index (χ3n) is 4.85. The van der Waals surface area contributed by atoms with E-state index in [0.29, 0.717) is 16.5 Å². The zero-order valence-corrected chi connectivity index (χ0v) is 18.9. The first-order valence-corrected chi connectivity index (χ1v) is 11.3. The van der Waals surface area contributed by atoms with Gasteiger partial charge >= 0.3 is 0 Å². The number of benzene rings is 2. The van der Waals surface area contributed by atoms with Crippen LogP contribution in [0.3, 0.4) is 0 Å². The van der Waals surface area contributed by atoms with Crippen molar-refractivity contribution >= 4 is 33.2 Å². The predicted octanol–water partition coefficient (Wildman–Crippen LogP) is 3.71. The van der Waals surface area contributed by atoms with E-state index in [2.05, 4.69) is 5.32 Å². The quantitative estimate of drug-likeness (QED) is 0.747. The van der Waals surface area contributed by atoms with Crippen molar-refractivity contribution < 1.29 is 22.7 Å². The van der Waals surface area contributed by atoms with Gasteiger partial charge in [0.1, 0.15) is 5.75 Å². The minimum Gasteiger partial charge on any atom is -0.495 e. The third kappa shape index (κ3) is 4.78. The van der Waals surface area contributed by atoms with Crippen LogP contribution in [0.25, 0.3) is 0 Å². The fraction of sp³-hybridized carbons (Fsp3) is 0.381. The van der Waals surface area contributed by atoms with Crippen molar-refractivity contribution in [2.75, 3.05) is 25.5 Å². The molecular weight excluding hydrogens is 428 g/mol. The normalized spacial score (nSPS) is 20.0. The van der Waals surface area contributed by atoms with Crippen molar-refractivity contribution in [1.82, 2.24) is 4.31 Å². The van der Waals surface area contributed by atoms with Crippen LogP contribution in [0, 0.1) is 6.92 Å². The zero-order valence-electron chi connectivity index (χ0n) is 17.3. The van der Waals surface area contributed by atoms with Gasteiger partial charge in [0.05, 0.1) is 29.9 Å². The van der Waals surface area contributed by atoms with E-state index in [0.717, 1.165) is 5.56 Å². The Morgan fingerprint density at radius 3 is 2.50 bits per heavy atom. The Morgan fingerprint density at radius 1 is 1.20 bits per heavy atom. The highest BCUT2D eigenvalue weighted by Gasteiger charge is 2.32. The molecule has 3 rings (SSSR count). The smallest absolute Gasteiger partial charge is 0.255 e. The summed E-state index contributed by atoms with van der Waals surface area (Å²) in [6.07, 6.45) is -0.397. The molecule has 30 heavy (non-hydrogen) atoms. The molecule has 1 aliphatic rings. The van der Waals surface area contributed by atoms with Gasteiger partial charge in [0, 0.05) is 29.7 Å². The maximum Gasteiger partial charge on any atom is 0.255 e. The van der Waals surface area contributed by atoms with Gasteiger partial charge in [-0.25, -0.2) is 8.42 Å². The molecule has 1 fully saturated rings. The first kappa shape index (κ1) is 22.6. The van der Waals surface area contributed by atoms with Gasteiger partial charge in [0.15, 0.2) is 0 Å². The highest BCUT2D eigenvalue weighted by Crippen LogP contribution is 2.31. The molecule has 2 aromatic rings. The molecular formula is C21H25ClN2O5S. The van der Waals surface area contributed by atoms with Crippen LogP contribution in [0.1, 0.15) is 29.8 Å². The van der Waals surface area contributed by atoms with Gasteiger partial charge in [-0.1, -0.05) is 17.7 Å². The van der Waals surface area contributed by atoms with Crippen LogP contribution in [0.5, 0.6) is 5.75 Å². The first-order chi connectivity index (χ1) is 14.1. The van der Waals surface area contributed by atoms with Gasteiger partial charge < -0.3 is 14.8 Å². The van der Waals surface area contributed by atoms with Crippen LogP contribution in [0.2, 0.25) is 5.02 Å². The predicted molar refractivity (Wildman–Crippen MR) is 116 cm³/mol. The Hall–Kier alpha value is -2.13. The maximum absolute atomic E-state index is 13.1. The average molecular weight is 453 g/mol. The second-order valence-electron chi connectivity index (χ2n) is 7.36. The van der Waals surface area contributed by atoms with E-state index >= 15 is 0 Å². The summed E-state index contributed by atoms with van der Waals surface area (Å²) >= 11 is 6.11. The van der Waals surface area contributed by atoms with Crippen LogP contribution < -0.4 is 10.1 Å². The molecule has 0 aliphatic carbocycles. The number of sulfonamides is 1. The molecule has 0 unspecified atom stereocenters. The Bertz CT molecular complexity index is 1050. The molecule has 1 N–H and O–H groups in total. The SMILES string of the molecule is COc1cc(Cl)c(C)cc1NC(=O)c1cccc(S(=O)(=O)N2C[C@@H](C)O[C@H](C)C2)c1. The summed E-state index contributed by atoms with van der Waals surface area (Å²) in [7, 11) is -2.27. The molecule has 0 radical (unpaired) electrons. The molecule has 9 heteroatoms. The molecule has 0 aromatic heterocycles. The van der Waals surface area contributed by atoms with Crippen molar-refractivity contribution in [2.45, 2.75) is 37.9 Å². The molecule has 2 aromatic carbocycles. The molecule has 0 bridgehead atoms. The Balaban J connectivity index is 1.87. The lowest BCUT2D eigenvalue weighted by molar-refractivity contribution is -0.0440. The number of aryl methyl sites for hydroxylation is 1. The molecule has 1 heterocycles. The third-order valence-corrected chi connectivity index (χ3v) is 7.08. The number of anilines is 1. The number of carbonyl (C=O) groups excluding carboxylic acids is 1. The van der Waals surface area contributed by atoms with Gasteiger partial charge in [-0.15, -0.1) is 0 Å². The van der Waals surface area contributed by atoms with Crippen molar-refractivity contribution in [3.63, 3.8) is 0 Å². The number of morpholine rings is 1. The van der Waals surface area contributed by atoms with Crippen LogP contribution in [-0.2, 0) is 14.8 Å². The summed E-state index contributed by atoms with van der Waals surface area (Å²) < 4.78 is 38.5. The number of halogens is 1. The van der Waals surface area contributed by atoms with Crippen molar-refractivity contribution in [2.24, 2.45) is 0 Å². The van der Waals surface area contributed by atoms with E-state index in [1.165, 1.54) is 23.5 Å². The molecule has 0 saturated carbocycles. The number of nitrogens with zero attached hydrogens (tertiary/aromatic N) is 1. The monoisotopic (exact) mass is 452 g/mol. The van der Waals surface area contributed by atoms with Crippen molar-refractivity contribution in [3.8, 4) is 5.75 Å². The highest BCUT2D eigenvalue weighted by molar-refractivity contribution is 7.89. The van der Waals surface area contributed by atoms with Gasteiger partial charge in [-0.3, -0.25) is 4.79 Å². The molecule has 1 amide bonds. The summed E-state index contributed by atoms with van der Waals surface area (Å²) in [6.45, 7) is 6.02. The number of amides is 1. The Labute approximate surface area is 182 Å². The van der Waals surface area contributed by atoms with E-state index in [-0.39, 0.29) is 35.8 Å². The van der Waals surface area contributed by atoms with Crippen LogP contribution in [-0.4, -0.2) is 51.0 Å². The summed E-state index contributed by atoms with van der Waals surface area (Å²) in [6, 6.07) is 9.31. The lowest BCUT2D eigenvalue weighted by Crippen LogP contribution is -2.48. The van der Waals surface area contributed by atoms with Crippen LogP contribution in [0.15, 0.2) is 41.3 Å². The lowest BCUT2D eigenvalue weighted by atomic mass is 10.1. The second-order valence-corrected chi connectivity index (χ2v) is 9.71. The summed E-state index contributed by atoms with van der Waals surface area (Å²) in [5.41, 5.74) is 1.45. The number of ether oxygens (including phenoxy) is 2. The molecule has 162 valence electrons. The van der Waals surface area contributed by atoms with E-state index in [9.17, 15) is 13.2 Å². The molecule has 1 aliphatic heterocycles. The molecule has 7 nitrogen and oxygen atoms in total. The largest absolute Gasteiger partial charge is 0.495 e. The molecule has 2 atom stereocenters. The number of hydrogen-bond donors (Lipinski definition) is 1. The summed E-state index contributed by atoms with van der Waals surface area (Å²) in [5.74, 6) is -0.0326. The molecule has 1 saturated heterocycles. The maximum atomic E-state index is 13.1. The average Bonchev–Trinajstić information content (AvgIpc) is 2.69. The fourth-order valence-corrected chi connectivity index (χ4v) is 5.19. The summed E-state index contributed by atoms with van der Waals surface area (Å²) in [5, 5.41) is 3.29. The Kier molecular flexibility index (Phi) is 6.71. The van der Waals surface area contributed by atoms with Gasteiger partial charge in [-0.05, 0) is 50.6 Å². The number of rotatable bonds is 5. The van der Waals surface area contributed by atoms with Crippen LogP contribution >= 0.6 is 11.6 Å². The van der Waals surface area contributed by atoms with E-state index < -0.39 is 15.9 Å². The van der Waals surface area contributed by atoms with E-state index in [1.807, 2.05) is 20.8 Å². The summed E-state index contributed by atoms with van der Waals surface area (Å²) in [4.78, 5) is 12.9. The van der Waals surface area contributed by atoms with Gasteiger partial charge in [0.2, 0.25) is 10.0 Å². The van der Waals surface area contributed by atoms with Crippen LogP contribution in [0.4, 0.5) is 5.69 Å². The van der Waals surface area contributed by atoms with Gasteiger partial charge in [0.25, 0.3) is 5.91 Å². The lowest BCUT2D eigenvalue weighted by Gasteiger charge is -2.34. The van der Waals surface area contributed by atoms with Crippen molar-refractivity contribution in [1.29, 1.82) is 0 Å². The van der Waals surface area contributed by atoms with Gasteiger partial charge in [-0.2, -0.15) is 4.31 Å². The highest BCUT2D eigenvalue weighted by atomic mass is 35.5. The van der Waals surface area contributed by atoms with E-state index in [1.54, 1.807) is 24.3 Å². The number of carbonyl (C=O) groups is 1. The topological polar surface area (TPSA) is 84.9 Å². The zero-order chi connectivity index (χ0) is 22.1. The first-order valence-electron chi connectivity index (χ1n) is 9.53. The molecule has 0 spiro atoms. The number of hydrogen-bond acceptors (Lipinski definition) is 5.